The number of aliphatic carboxylic acids is 1. The lowest BCUT2D eigenvalue weighted by molar-refractivity contribution is -0.305. The van der Waals surface area contributed by atoms with Crippen LogP contribution in [-0.4, -0.2) is 30.1 Å². The summed E-state index contributed by atoms with van der Waals surface area (Å²) in [6, 6.07) is 0. The van der Waals surface area contributed by atoms with Gasteiger partial charge in [0.1, 0.15) is 12.2 Å². The Morgan fingerprint density at radius 3 is 1.46 bits per heavy atom. The van der Waals surface area contributed by atoms with Gasteiger partial charge in [0.15, 0.2) is 0 Å². The summed E-state index contributed by atoms with van der Waals surface area (Å²) in [5, 5.41) is 10.4. The molecule has 0 heterocycles. The number of carbonyl (C=O) groups is 3. The molecule has 0 rings (SSSR count). The molecule has 28 heavy (non-hydrogen) atoms. The van der Waals surface area contributed by atoms with Crippen molar-refractivity contribution in [3.8, 4) is 0 Å². The molecule has 0 aromatic rings. The van der Waals surface area contributed by atoms with Crippen molar-refractivity contribution in [2.45, 2.75) is 123 Å². The number of hydrogen-bond donors (Lipinski definition) is 0. The first kappa shape index (κ1) is 26.4. The summed E-state index contributed by atoms with van der Waals surface area (Å²) in [4.78, 5) is 33.4. The van der Waals surface area contributed by atoms with Crippen molar-refractivity contribution in [1.29, 1.82) is 0 Å². The molecule has 2 unspecified atom stereocenters. The van der Waals surface area contributed by atoms with Gasteiger partial charge in [-0.05, 0) is 38.5 Å². The highest BCUT2D eigenvalue weighted by molar-refractivity contribution is 5.67. The summed E-state index contributed by atoms with van der Waals surface area (Å²) in [6.07, 6.45) is 11.7. The van der Waals surface area contributed by atoms with E-state index in [1.54, 1.807) is 0 Å². The van der Waals surface area contributed by atoms with Crippen LogP contribution in [0.25, 0.3) is 0 Å². The minimum Gasteiger partial charge on any atom is -0.550 e. The van der Waals surface area contributed by atoms with Crippen LogP contribution in [0.15, 0.2) is 0 Å². The second kappa shape index (κ2) is 17.5. The topological polar surface area (TPSA) is 92.7 Å². The summed E-state index contributed by atoms with van der Waals surface area (Å²) in [6.45, 7) is 4.95. The molecule has 0 fully saturated rings. The highest BCUT2D eigenvalue weighted by Crippen LogP contribution is 2.20. The Kier molecular flexibility index (Phi) is 16.5. The molecule has 0 N–H and O–H groups in total. The Balaban J connectivity index is 4.40. The molecular formula is C22H39O6-. The van der Waals surface area contributed by atoms with Gasteiger partial charge in [0.25, 0.3) is 0 Å². The van der Waals surface area contributed by atoms with Crippen molar-refractivity contribution in [3.63, 3.8) is 0 Å². The van der Waals surface area contributed by atoms with Gasteiger partial charge in [-0.3, -0.25) is 9.59 Å². The van der Waals surface area contributed by atoms with E-state index in [1.807, 2.05) is 0 Å². The molecule has 164 valence electrons. The summed E-state index contributed by atoms with van der Waals surface area (Å²) in [5.74, 6) is -1.72. The van der Waals surface area contributed by atoms with Crippen molar-refractivity contribution in [2.75, 3.05) is 0 Å². The van der Waals surface area contributed by atoms with Crippen molar-refractivity contribution in [3.05, 3.63) is 0 Å². The van der Waals surface area contributed by atoms with E-state index in [0.717, 1.165) is 38.5 Å². The predicted molar refractivity (Wildman–Crippen MR) is 106 cm³/mol. The molecule has 0 aliphatic heterocycles. The molecule has 0 radical (unpaired) electrons. The van der Waals surface area contributed by atoms with E-state index in [9.17, 15) is 19.5 Å². The maximum absolute atomic E-state index is 11.5. The molecule has 6 nitrogen and oxygen atoms in total. The fraction of sp³-hybridized carbons (Fsp3) is 0.864. The van der Waals surface area contributed by atoms with Crippen LogP contribution in [0.4, 0.5) is 0 Å². The Hall–Kier alpha value is -1.59. The Morgan fingerprint density at radius 1 is 0.679 bits per heavy atom. The number of unbranched alkanes of at least 4 members (excludes halogenated alkanes) is 9. The second-order valence-corrected chi connectivity index (χ2v) is 7.53. The van der Waals surface area contributed by atoms with Gasteiger partial charge in [0.2, 0.25) is 0 Å². The lowest BCUT2D eigenvalue weighted by Gasteiger charge is -2.26. The molecule has 0 saturated carbocycles. The fourth-order valence-electron chi connectivity index (χ4n) is 3.34. The number of esters is 2. The molecule has 0 aromatic heterocycles. The highest BCUT2D eigenvalue weighted by Gasteiger charge is 2.26. The minimum absolute atomic E-state index is 0.100. The van der Waals surface area contributed by atoms with Crippen LogP contribution in [0.2, 0.25) is 0 Å². The Labute approximate surface area is 170 Å². The van der Waals surface area contributed by atoms with E-state index in [1.165, 1.54) is 39.5 Å². The smallest absolute Gasteiger partial charge is 0.303 e. The molecule has 0 spiro atoms. The number of carboxylic acid groups (broad SMARTS) is 1. The third-order valence-electron chi connectivity index (χ3n) is 4.76. The second-order valence-electron chi connectivity index (χ2n) is 7.53. The van der Waals surface area contributed by atoms with Gasteiger partial charge < -0.3 is 19.4 Å². The van der Waals surface area contributed by atoms with Crippen molar-refractivity contribution < 1.29 is 29.0 Å². The molecule has 2 atom stereocenters. The van der Waals surface area contributed by atoms with Crippen LogP contribution in [0.1, 0.15) is 111 Å². The third-order valence-corrected chi connectivity index (χ3v) is 4.76. The number of carboxylic acids is 1. The monoisotopic (exact) mass is 399 g/mol. The standard InChI is InChI=1S/C22H40O6/c1-4-5-6-7-9-12-15-20(27-18(2)23)21(28-19(3)24)16-13-10-8-11-14-17-22(25)26/h20-21H,4-17H2,1-3H3,(H,25,26)/p-1. The molecule has 0 amide bonds. The van der Waals surface area contributed by atoms with Gasteiger partial charge in [0.05, 0.1) is 0 Å². The van der Waals surface area contributed by atoms with E-state index < -0.39 is 18.2 Å². The van der Waals surface area contributed by atoms with Crippen LogP contribution in [0.3, 0.4) is 0 Å². The summed E-state index contributed by atoms with van der Waals surface area (Å²) in [7, 11) is 0. The maximum atomic E-state index is 11.5. The molecule has 0 saturated heterocycles. The zero-order chi connectivity index (χ0) is 21.2. The first-order chi connectivity index (χ1) is 13.4. The van der Waals surface area contributed by atoms with E-state index in [2.05, 4.69) is 6.92 Å². The number of ether oxygens (including phenoxy) is 2. The van der Waals surface area contributed by atoms with Crippen molar-refractivity contribution >= 4 is 17.9 Å². The van der Waals surface area contributed by atoms with Crippen LogP contribution < -0.4 is 5.11 Å². The van der Waals surface area contributed by atoms with Gasteiger partial charge in [-0.15, -0.1) is 0 Å². The number of carbonyl (C=O) groups excluding carboxylic acids is 3. The summed E-state index contributed by atoms with van der Waals surface area (Å²) >= 11 is 0. The molecule has 0 aliphatic carbocycles. The average Bonchev–Trinajstić information content (AvgIpc) is 2.61. The Morgan fingerprint density at radius 2 is 1.07 bits per heavy atom. The highest BCUT2D eigenvalue weighted by atomic mass is 16.6. The molecule has 0 bridgehead atoms. The van der Waals surface area contributed by atoms with E-state index in [4.69, 9.17) is 9.47 Å². The summed E-state index contributed by atoms with van der Waals surface area (Å²) in [5.41, 5.74) is 0. The van der Waals surface area contributed by atoms with Crippen LogP contribution in [0, 0.1) is 0 Å². The molecule has 6 heteroatoms. The van der Waals surface area contributed by atoms with Crippen LogP contribution >= 0.6 is 0 Å². The SMILES string of the molecule is CCCCCCCCC(OC(C)=O)C(CCCCCCCC(=O)[O-])OC(C)=O. The lowest BCUT2D eigenvalue weighted by atomic mass is 9.99. The van der Waals surface area contributed by atoms with Gasteiger partial charge in [-0.2, -0.15) is 0 Å². The first-order valence-electron chi connectivity index (χ1n) is 10.9. The zero-order valence-corrected chi connectivity index (χ0v) is 18.0. The molecular weight excluding hydrogens is 360 g/mol. The zero-order valence-electron chi connectivity index (χ0n) is 18.0. The lowest BCUT2D eigenvalue weighted by Crippen LogP contribution is -2.34. The number of rotatable bonds is 18. The minimum atomic E-state index is -1.01. The molecule has 0 aliphatic rings. The van der Waals surface area contributed by atoms with E-state index in [0.29, 0.717) is 19.3 Å². The van der Waals surface area contributed by atoms with Crippen molar-refractivity contribution in [2.24, 2.45) is 0 Å². The predicted octanol–water partition coefficient (Wildman–Crippen LogP) is 4.08. The Bertz CT molecular complexity index is 435. The normalized spacial score (nSPS) is 13.0. The van der Waals surface area contributed by atoms with Crippen LogP contribution in [-0.2, 0) is 23.9 Å². The van der Waals surface area contributed by atoms with Crippen molar-refractivity contribution in [1.82, 2.24) is 0 Å². The molecule has 0 aromatic carbocycles. The van der Waals surface area contributed by atoms with E-state index in [-0.39, 0.29) is 18.4 Å². The van der Waals surface area contributed by atoms with E-state index >= 15 is 0 Å². The average molecular weight is 400 g/mol. The summed E-state index contributed by atoms with van der Waals surface area (Å²) < 4.78 is 10.9. The third kappa shape index (κ3) is 16.6. The first-order valence-corrected chi connectivity index (χ1v) is 10.9. The number of hydrogen-bond acceptors (Lipinski definition) is 6. The maximum Gasteiger partial charge on any atom is 0.303 e. The van der Waals surface area contributed by atoms with Gasteiger partial charge in [0, 0.05) is 19.8 Å². The van der Waals surface area contributed by atoms with Crippen LogP contribution in [0.5, 0.6) is 0 Å². The van der Waals surface area contributed by atoms with Gasteiger partial charge in [-0.1, -0.05) is 58.3 Å². The van der Waals surface area contributed by atoms with Gasteiger partial charge in [-0.25, -0.2) is 0 Å². The fourth-order valence-corrected chi connectivity index (χ4v) is 3.34. The largest absolute Gasteiger partial charge is 0.550 e. The quantitative estimate of drug-likeness (QED) is 0.255. The van der Waals surface area contributed by atoms with Gasteiger partial charge >= 0.3 is 11.9 Å².